The van der Waals surface area contributed by atoms with Crippen LogP contribution in [0.2, 0.25) is 0 Å². The number of benzene rings is 6. The predicted molar refractivity (Wildman–Crippen MR) is 185 cm³/mol. The van der Waals surface area contributed by atoms with Crippen LogP contribution in [0.25, 0.3) is 65.6 Å². The van der Waals surface area contributed by atoms with Gasteiger partial charge in [-0.3, -0.25) is 9.97 Å². The zero-order valence-electron chi connectivity index (χ0n) is 25.2. The van der Waals surface area contributed by atoms with Gasteiger partial charge < -0.3 is 4.42 Å². The Morgan fingerprint density at radius 2 is 1.37 bits per heavy atom. The Balaban J connectivity index is 0.000000145. The molecule has 0 saturated heterocycles. The Kier molecular flexibility index (Phi) is 8.00. The summed E-state index contributed by atoms with van der Waals surface area (Å²) < 4.78 is 7.03. The van der Waals surface area contributed by atoms with E-state index < -0.39 is 0 Å². The second-order valence-corrected chi connectivity index (χ2v) is 12.7. The molecule has 2 heterocycles. The van der Waals surface area contributed by atoms with Gasteiger partial charge in [-0.25, -0.2) is 0 Å². The van der Waals surface area contributed by atoms with E-state index in [1.54, 1.807) is 11.3 Å². The van der Waals surface area contributed by atoms with Crippen molar-refractivity contribution in [2.45, 2.75) is 19.3 Å². The molecule has 0 unspecified atom stereocenters. The van der Waals surface area contributed by atoms with E-state index >= 15 is 0 Å². The Labute approximate surface area is 286 Å². The third kappa shape index (κ3) is 5.41. The van der Waals surface area contributed by atoms with Gasteiger partial charge in [-0.15, -0.1) is 59.2 Å². The molecule has 0 amide bonds. The fourth-order valence-corrected chi connectivity index (χ4v) is 7.08. The molecule has 0 N–H and O–H groups in total. The molecule has 225 valence electrons. The molecular weight excluding hydrogens is 761 g/mol. The number of hydrogen-bond donors (Lipinski definition) is 0. The largest absolute Gasteiger partial charge is 0.481 e. The average Bonchev–Trinajstić information content (AvgIpc) is 3.79. The van der Waals surface area contributed by atoms with Gasteiger partial charge in [-0.2, -0.15) is 11.3 Å². The van der Waals surface area contributed by atoms with Crippen molar-refractivity contribution in [3.05, 3.63) is 157 Å². The molecule has 0 bridgehead atoms. The van der Waals surface area contributed by atoms with E-state index in [9.17, 15) is 0 Å². The summed E-state index contributed by atoms with van der Waals surface area (Å²) in [5, 5.41) is 1.05. The summed E-state index contributed by atoms with van der Waals surface area (Å²) in [4.78, 5) is 9.31. The standard InChI is InChI=1S/C22H16NS.C19H12NO.Ir/c1-22(2)17-8-4-3-7-15(17)16-12-11-14(13-18(16)22)21-23-19-9-5-6-10-20(19)24-21;1-2-7-14(8-3-1)15-9-6-10-16(13-15)19-20-17-11-4-5-12-18(17)21-19;/h3-10,12-13H,1-2H3;1-9,11-13H;/q2*-1;. The van der Waals surface area contributed by atoms with Gasteiger partial charge in [-0.05, 0) is 40.8 Å². The van der Waals surface area contributed by atoms with E-state index in [2.05, 4.69) is 104 Å². The molecule has 0 fully saturated rings. The van der Waals surface area contributed by atoms with Crippen LogP contribution in [0.15, 0.2) is 138 Å². The van der Waals surface area contributed by atoms with E-state index in [1.807, 2.05) is 60.7 Å². The van der Waals surface area contributed by atoms with Gasteiger partial charge in [0.05, 0.1) is 11.0 Å². The smallest absolute Gasteiger partial charge is 0.141 e. The minimum absolute atomic E-state index is 0. The number of hydrogen-bond acceptors (Lipinski definition) is 4. The van der Waals surface area contributed by atoms with Crippen LogP contribution >= 0.6 is 11.3 Å². The SMILES string of the molecule is CC1(C)c2ccccc2-c2c[c-]c(-c3nc4ccccc4s3)cc21.[Ir].[c-]1ccc(-c2ccccc2)cc1-c1nc2ccccc2o1. The first kappa shape index (κ1) is 30.0. The maximum absolute atomic E-state index is 5.80. The first-order valence-corrected chi connectivity index (χ1v) is 15.8. The van der Waals surface area contributed by atoms with Crippen molar-refractivity contribution in [2.24, 2.45) is 0 Å². The molecule has 2 aromatic heterocycles. The third-order valence-electron chi connectivity index (χ3n) is 8.47. The van der Waals surface area contributed by atoms with Crippen molar-refractivity contribution < 1.29 is 24.5 Å². The zero-order chi connectivity index (χ0) is 30.4. The second kappa shape index (κ2) is 12.3. The molecule has 1 aliphatic carbocycles. The summed E-state index contributed by atoms with van der Waals surface area (Å²) >= 11 is 1.74. The number of rotatable bonds is 3. The van der Waals surface area contributed by atoms with Crippen LogP contribution in [0.5, 0.6) is 0 Å². The van der Waals surface area contributed by atoms with Crippen LogP contribution in [0.1, 0.15) is 25.0 Å². The van der Waals surface area contributed by atoms with Crippen LogP contribution < -0.4 is 0 Å². The molecule has 46 heavy (non-hydrogen) atoms. The number of fused-ring (bicyclic) bond motifs is 5. The molecule has 6 aromatic carbocycles. The average molecular weight is 789 g/mol. The topological polar surface area (TPSA) is 38.9 Å². The van der Waals surface area contributed by atoms with Crippen molar-refractivity contribution in [3.8, 4) is 44.3 Å². The molecular formula is C41H28IrN2OS-2. The fourth-order valence-electron chi connectivity index (χ4n) is 6.14. The summed E-state index contributed by atoms with van der Waals surface area (Å²) in [6, 6.07) is 52.2. The van der Waals surface area contributed by atoms with E-state index in [0.717, 1.165) is 38.3 Å². The summed E-state index contributed by atoms with van der Waals surface area (Å²) in [5.41, 5.74) is 12.4. The van der Waals surface area contributed by atoms with Crippen LogP contribution in [0, 0.1) is 12.1 Å². The van der Waals surface area contributed by atoms with E-state index in [0.29, 0.717) is 5.89 Å². The summed E-state index contributed by atoms with van der Waals surface area (Å²) in [6.07, 6.45) is 0. The minimum Gasteiger partial charge on any atom is -0.481 e. The molecule has 0 aliphatic heterocycles. The van der Waals surface area contributed by atoms with Crippen LogP contribution in [0.4, 0.5) is 0 Å². The third-order valence-corrected chi connectivity index (χ3v) is 9.54. The van der Waals surface area contributed by atoms with Crippen LogP contribution in [-0.4, -0.2) is 9.97 Å². The number of nitrogens with zero attached hydrogens (tertiary/aromatic N) is 2. The van der Waals surface area contributed by atoms with Crippen LogP contribution in [0.3, 0.4) is 0 Å². The van der Waals surface area contributed by atoms with Crippen molar-refractivity contribution in [1.82, 2.24) is 9.97 Å². The Morgan fingerprint density at radius 3 is 2.20 bits per heavy atom. The summed E-state index contributed by atoms with van der Waals surface area (Å²) in [5.74, 6) is 0.606. The molecule has 5 heteroatoms. The molecule has 1 radical (unpaired) electrons. The van der Waals surface area contributed by atoms with Gasteiger partial charge in [0, 0.05) is 29.8 Å². The summed E-state index contributed by atoms with van der Waals surface area (Å²) in [6.45, 7) is 4.61. The van der Waals surface area contributed by atoms with Gasteiger partial charge in [0.2, 0.25) is 0 Å². The van der Waals surface area contributed by atoms with Crippen molar-refractivity contribution in [3.63, 3.8) is 0 Å². The van der Waals surface area contributed by atoms with Gasteiger partial charge in [-0.1, -0.05) is 109 Å². The van der Waals surface area contributed by atoms with Crippen LogP contribution in [-0.2, 0) is 25.5 Å². The van der Waals surface area contributed by atoms with Gasteiger partial charge in [0.25, 0.3) is 0 Å². The predicted octanol–water partition coefficient (Wildman–Crippen LogP) is 11.0. The Hall–Kier alpha value is -4.67. The monoisotopic (exact) mass is 789 g/mol. The molecule has 0 saturated carbocycles. The second-order valence-electron chi connectivity index (χ2n) is 11.7. The Bertz CT molecular complexity index is 2250. The number of aromatic nitrogens is 2. The number of thiazole rings is 1. The normalized spacial score (nSPS) is 12.6. The number of para-hydroxylation sites is 3. The maximum Gasteiger partial charge on any atom is 0.141 e. The van der Waals surface area contributed by atoms with Gasteiger partial charge >= 0.3 is 0 Å². The zero-order valence-corrected chi connectivity index (χ0v) is 28.5. The van der Waals surface area contributed by atoms with E-state index in [4.69, 9.17) is 9.40 Å². The summed E-state index contributed by atoms with van der Waals surface area (Å²) in [7, 11) is 0. The molecule has 0 atom stereocenters. The number of oxazole rings is 1. The van der Waals surface area contributed by atoms with Crippen molar-refractivity contribution in [1.29, 1.82) is 0 Å². The van der Waals surface area contributed by atoms with E-state index in [-0.39, 0.29) is 25.5 Å². The van der Waals surface area contributed by atoms with Crippen molar-refractivity contribution >= 4 is 32.7 Å². The quantitative estimate of drug-likeness (QED) is 0.167. The van der Waals surface area contributed by atoms with Gasteiger partial charge in [0.15, 0.2) is 0 Å². The molecule has 9 rings (SSSR count). The molecule has 1 aliphatic rings. The first-order valence-electron chi connectivity index (χ1n) is 15.0. The fraction of sp³-hybridized carbons (Fsp3) is 0.0732. The van der Waals surface area contributed by atoms with Crippen molar-refractivity contribution in [2.75, 3.05) is 0 Å². The van der Waals surface area contributed by atoms with E-state index in [1.165, 1.54) is 32.5 Å². The van der Waals surface area contributed by atoms with Gasteiger partial charge in [0.1, 0.15) is 11.5 Å². The first-order chi connectivity index (χ1) is 22.0. The molecule has 3 nitrogen and oxygen atoms in total. The minimum atomic E-state index is 0. The Morgan fingerprint density at radius 1 is 0.630 bits per heavy atom. The molecule has 8 aromatic rings. The molecule has 0 spiro atoms. The maximum atomic E-state index is 5.80.